The highest BCUT2D eigenvalue weighted by atomic mass is 32.2. The van der Waals surface area contributed by atoms with Crippen LogP contribution in [0.4, 0.5) is 5.69 Å². The molecule has 0 radical (unpaired) electrons. The predicted molar refractivity (Wildman–Crippen MR) is 92.8 cm³/mol. The third-order valence-corrected chi connectivity index (χ3v) is 4.70. The third-order valence-electron chi connectivity index (χ3n) is 3.62. The monoisotopic (exact) mass is 321 g/mol. The number of anilines is 1. The second-order valence-corrected chi connectivity index (χ2v) is 6.70. The number of amidine groups is 1. The molecule has 1 atom stereocenters. The van der Waals surface area contributed by atoms with Gasteiger partial charge in [0.25, 0.3) is 0 Å². The molecule has 21 heavy (non-hydrogen) atoms. The van der Waals surface area contributed by atoms with E-state index in [1.165, 1.54) is 6.42 Å². The van der Waals surface area contributed by atoms with Crippen LogP contribution in [0.15, 0.2) is 35.3 Å². The molecule has 6 heteroatoms. The van der Waals surface area contributed by atoms with Gasteiger partial charge in [-0.15, -0.1) is 0 Å². The molecule has 0 aromatic heterocycles. The fourth-order valence-electron chi connectivity index (χ4n) is 2.55. The van der Waals surface area contributed by atoms with Crippen LogP contribution in [-0.2, 0) is 4.74 Å². The van der Waals surface area contributed by atoms with Gasteiger partial charge in [-0.25, -0.2) is 4.99 Å². The lowest BCUT2D eigenvalue weighted by Gasteiger charge is -2.36. The summed E-state index contributed by atoms with van der Waals surface area (Å²) in [5.41, 5.74) is 0.661. The zero-order chi connectivity index (χ0) is 14.5. The van der Waals surface area contributed by atoms with Crippen molar-refractivity contribution in [1.29, 1.82) is 0 Å². The fraction of sp³-hybridized carbons (Fsp3) is 0.467. The largest absolute Gasteiger partial charge is 0.354 e. The molecule has 2 N–H and O–H groups in total. The average molecular weight is 321 g/mol. The molecule has 0 saturated carbocycles. The fourth-order valence-corrected chi connectivity index (χ4v) is 3.85. The van der Waals surface area contributed by atoms with Gasteiger partial charge in [-0.1, -0.05) is 30.0 Å². The number of ether oxygens (including phenoxy) is 1. The van der Waals surface area contributed by atoms with Crippen molar-refractivity contribution < 1.29 is 4.74 Å². The van der Waals surface area contributed by atoms with Gasteiger partial charge in [-0.2, -0.15) is 0 Å². The Morgan fingerprint density at radius 3 is 2.81 bits per heavy atom. The minimum absolute atomic E-state index is 0.311. The van der Waals surface area contributed by atoms with Crippen LogP contribution in [0.2, 0.25) is 0 Å². The molecule has 2 aliphatic rings. The number of thiocarbonyl (C=S) groups is 1. The van der Waals surface area contributed by atoms with Gasteiger partial charge < -0.3 is 15.4 Å². The minimum Gasteiger partial charge on any atom is -0.354 e. The molecule has 1 aromatic rings. The number of rotatable bonds is 1. The average Bonchev–Trinajstić information content (AvgIpc) is 2.49. The molecule has 3 rings (SSSR count). The quantitative estimate of drug-likeness (QED) is 0.777. The molecule has 1 saturated heterocycles. The molecule has 4 nitrogen and oxygen atoms in total. The lowest BCUT2D eigenvalue weighted by Crippen LogP contribution is -2.42. The van der Waals surface area contributed by atoms with Crippen LogP contribution in [0.25, 0.3) is 0 Å². The summed E-state index contributed by atoms with van der Waals surface area (Å²) in [6.07, 6.45) is 4.33. The lowest BCUT2D eigenvalue weighted by molar-refractivity contribution is -0.0738. The van der Waals surface area contributed by atoms with Crippen LogP contribution in [0.1, 0.15) is 25.7 Å². The Hall–Kier alpha value is -1.11. The maximum Gasteiger partial charge on any atom is 0.176 e. The Kier molecular flexibility index (Phi) is 4.77. The maximum absolute atomic E-state index is 5.93. The number of benzene rings is 1. The summed E-state index contributed by atoms with van der Waals surface area (Å²) in [7, 11) is 0. The van der Waals surface area contributed by atoms with Crippen LogP contribution in [0.5, 0.6) is 0 Å². The van der Waals surface area contributed by atoms with Crippen LogP contribution in [0, 0.1) is 0 Å². The second-order valence-electron chi connectivity index (χ2n) is 5.21. The zero-order valence-electron chi connectivity index (χ0n) is 11.8. The predicted octanol–water partition coefficient (Wildman–Crippen LogP) is 3.36. The van der Waals surface area contributed by atoms with Gasteiger partial charge >= 0.3 is 0 Å². The van der Waals surface area contributed by atoms with Gasteiger partial charge in [-0.05, 0) is 43.6 Å². The highest BCUT2D eigenvalue weighted by Gasteiger charge is 2.35. The first-order valence-electron chi connectivity index (χ1n) is 7.25. The molecule has 2 heterocycles. The molecular weight excluding hydrogens is 302 g/mol. The van der Waals surface area contributed by atoms with Crippen LogP contribution < -0.4 is 10.6 Å². The zero-order valence-corrected chi connectivity index (χ0v) is 13.4. The van der Waals surface area contributed by atoms with Crippen molar-refractivity contribution >= 4 is 39.9 Å². The van der Waals surface area contributed by atoms with E-state index >= 15 is 0 Å². The number of aliphatic imine (C=N–C) groups is 1. The molecule has 2 aliphatic heterocycles. The number of hydrogen-bond acceptors (Lipinski definition) is 4. The molecule has 0 bridgehead atoms. The standard InChI is InChI=1S/C15H19N3OS2/c20-13(16-12-6-2-1-3-7-12)17-14-18-15(9-11-21-14)8-4-5-10-19-15/h1-3,6-7H,4-5,8-11H2,(H2,16,17,18,20). The summed E-state index contributed by atoms with van der Waals surface area (Å²) in [5.74, 6) is 1.01. The molecule has 1 aromatic carbocycles. The highest BCUT2D eigenvalue weighted by molar-refractivity contribution is 8.14. The Balaban J connectivity index is 1.62. The van der Waals surface area contributed by atoms with E-state index < -0.39 is 0 Å². The van der Waals surface area contributed by atoms with Crippen molar-refractivity contribution in [3.8, 4) is 0 Å². The Morgan fingerprint density at radius 1 is 1.19 bits per heavy atom. The number of nitrogens with one attached hydrogen (secondary N) is 2. The van der Waals surface area contributed by atoms with Gasteiger partial charge in [0.05, 0.1) is 0 Å². The van der Waals surface area contributed by atoms with Gasteiger partial charge in [0, 0.05) is 24.5 Å². The Labute approximate surface area is 134 Å². The number of nitrogens with zero attached hydrogens (tertiary/aromatic N) is 1. The second kappa shape index (κ2) is 6.77. The van der Waals surface area contributed by atoms with Crippen LogP contribution in [-0.4, -0.2) is 28.4 Å². The Morgan fingerprint density at radius 2 is 2.05 bits per heavy atom. The van der Waals surface area contributed by atoms with E-state index in [2.05, 4.69) is 10.6 Å². The minimum atomic E-state index is -0.311. The van der Waals surface area contributed by atoms with E-state index in [0.29, 0.717) is 5.11 Å². The van der Waals surface area contributed by atoms with Crippen molar-refractivity contribution in [1.82, 2.24) is 5.32 Å². The summed E-state index contributed by atoms with van der Waals surface area (Å²) >= 11 is 7.05. The van der Waals surface area contributed by atoms with Crippen molar-refractivity contribution in [2.45, 2.75) is 31.4 Å². The summed E-state index contributed by atoms with van der Waals surface area (Å²) in [4.78, 5) is 4.77. The van der Waals surface area contributed by atoms with Gasteiger partial charge in [0.2, 0.25) is 0 Å². The normalized spacial score (nSPS) is 25.2. The van der Waals surface area contributed by atoms with Crippen molar-refractivity contribution in [3.05, 3.63) is 30.3 Å². The topological polar surface area (TPSA) is 45.7 Å². The van der Waals surface area contributed by atoms with Crippen molar-refractivity contribution in [3.63, 3.8) is 0 Å². The van der Waals surface area contributed by atoms with Crippen molar-refractivity contribution in [2.24, 2.45) is 4.99 Å². The lowest BCUT2D eigenvalue weighted by atomic mass is 10.0. The molecule has 0 aliphatic carbocycles. The number of hydrogen-bond donors (Lipinski definition) is 2. The summed E-state index contributed by atoms with van der Waals surface area (Å²) in [5, 5.41) is 7.79. The van der Waals surface area contributed by atoms with Gasteiger partial charge in [0.1, 0.15) is 0 Å². The SMILES string of the molecule is S=C(NC1=NC2(CCCCO2)CCS1)Nc1ccccc1. The van der Waals surface area contributed by atoms with E-state index in [-0.39, 0.29) is 5.72 Å². The summed E-state index contributed by atoms with van der Waals surface area (Å²) < 4.78 is 5.93. The molecular formula is C15H19N3OS2. The molecule has 112 valence electrons. The van der Waals surface area contributed by atoms with E-state index in [4.69, 9.17) is 21.9 Å². The third kappa shape index (κ3) is 3.96. The first-order valence-corrected chi connectivity index (χ1v) is 8.65. The maximum atomic E-state index is 5.93. The van der Waals surface area contributed by atoms with E-state index in [1.807, 2.05) is 30.3 Å². The van der Waals surface area contributed by atoms with Gasteiger partial charge in [-0.3, -0.25) is 0 Å². The van der Waals surface area contributed by atoms with Crippen LogP contribution in [0.3, 0.4) is 0 Å². The van der Waals surface area contributed by atoms with Crippen LogP contribution >= 0.6 is 24.0 Å². The number of para-hydroxylation sites is 1. The molecule has 1 spiro atoms. The smallest absolute Gasteiger partial charge is 0.176 e. The molecule has 1 unspecified atom stereocenters. The number of thioether (sulfide) groups is 1. The molecule has 0 amide bonds. The Bertz CT molecular complexity index is 527. The van der Waals surface area contributed by atoms with E-state index in [1.54, 1.807) is 11.8 Å². The van der Waals surface area contributed by atoms with Crippen molar-refractivity contribution in [2.75, 3.05) is 17.7 Å². The summed E-state index contributed by atoms with van der Waals surface area (Å²) in [6.45, 7) is 0.814. The first-order chi connectivity index (χ1) is 10.3. The van der Waals surface area contributed by atoms with E-state index in [0.717, 1.165) is 42.5 Å². The highest BCUT2D eigenvalue weighted by Crippen LogP contribution is 2.35. The molecule has 1 fully saturated rings. The van der Waals surface area contributed by atoms with E-state index in [9.17, 15) is 0 Å². The summed E-state index contributed by atoms with van der Waals surface area (Å²) in [6, 6.07) is 9.89. The first kappa shape index (κ1) is 14.8. The van der Waals surface area contributed by atoms with Gasteiger partial charge in [0.15, 0.2) is 16.0 Å².